The van der Waals surface area contributed by atoms with E-state index < -0.39 is 5.60 Å². The topological polar surface area (TPSA) is 95.0 Å². The molecule has 0 aromatic carbocycles. The molecule has 1 rings (SSSR count). The Hall–Kier alpha value is -0.770. The number of nitrogens with zero attached hydrogens (tertiary/aromatic N) is 1. The van der Waals surface area contributed by atoms with Gasteiger partial charge in [0.15, 0.2) is 5.96 Å². The van der Waals surface area contributed by atoms with Crippen molar-refractivity contribution in [2.45, 2.75) is 71.1 Å². The second-order valence-corrected chi connectivity index (χ2v) is 6.82. The fraction of sp³-hybridized carbons (Fsp3) is 0.875. The minimum atomic E-state index is -0.466. The van der Waals surface area contributed by atoms with Gasteiger partial charge in [-0.1, -0.05) is 0 Å². The lowest BCUT2D eigenvalue weighted by molar-refractivity contribution is 0.0490. The quantitative estimate of drug-likeness (QED) is 0.289. The molecule has 1 aliphatic rings. The molecule has 1 fully saturated rings. The zero-order valence-corrected chi connectivity index (χ0v) is 17.6. The Labute approximate surface area is 162 Å². The summed E-state index contributed by atoms with van der Waals surface area (Å²) in [5.41, 5.74) is -0.466. The fourth-order valence-corrected chi connectivity index (χ4v) is 2.53. The van der Waals surface area contributed by atoms with Crippen LogP contribution in [-0.2, 0) is 4.74 Å². The minimum absolute atomic E-state index is 0. The number of rotatable bonds is 5. The van der Waals surface area contributed by atoms with Gasteiger partial charge >= 0.3 is 6.09 Å². The monoisotopic (exact) mass is 456 g/mol. The van der Waals surface area contributed by atoms with Crippen LogP contribution in [-0.4, -0.2) is 54.5 Å². The molecule has 4 N–H and O–H groups in total. The first-order valence-corrected chi connectivity index (χ1v) is 8.49. The molecule has 8 heteroatoms. The molecule has 0 unspecified atom stereocenters. The van der Waals surface area contributed by atoms with Gasteiger partial charge in [-0.15, -0.1) is 24.0 Å². The van der Waals surface area contributed by atoms with E-state index >= 15 is 0 Å². The Morgan fingerprint density at radius 3 is 2.17 bits per heavy atom. The normalized spacial score (nSPS) is 21.5. The molecule has 0 spiro atoms. The van der Waals surface area contributed by atoms with Gasteiger partial charge in [0.25, 0.3) is 0 Å². The molecule has 7 nitrogen and oxygen atoms in total. The van der Waals surface area contributed by atoms with Gasteiger partial charge in [-0.25, -0.2) is 4.79 Å². The van der Waals surface area contributed by atoms with Crippen LogP contribution in [0.3, 0.4) is 0 Å². The first-order chi connectivity index (χ1) is 10.8. The average Bonchev–Trinajstić information content (AvgIpc) is 2.45. The van der Waals surface area contributed by atoms with E-state index in [2.05, 4.69) is 20.9 Å². The Bertz CT molecular complexity index is 391. The molecule has 0 aliphatic heterocycles. The van der Waals surface area contributed by atoms with Crippen molar-refractivity contribution >= 4 is 36.0 Å². The Kier molecular flexibility index (Phi) is 11.4. The number of aliphatic hydroxyl groups is 1. The van der Waals surface area contributed by atoms with Crippen molar-refractivity contribution in [1.29, 1.82) is 0 Å². The van der Waals surface area contributed by atoms with Crippen molar-refractivity contribution < 1.29 is 14.6 Å². The molecule has 0 radical (unpaired) electrons. The van der Waals surface area contributed by atoms with Gasteiger partial charge < -0.3 is 25.8 Å². The number of halogens is 1. The molecule has 0 saturated heterocycles. The van der Waals surface area contributed by atoms with E-state index in [0.717, 1.165) is 38.2 Å². The van der Waals surface area contributed by atoms with Crippen LogP contribution >= 0.6 is 24.0 Å². The maximum atomic E-state index is 11.8. The zero-order valence-electron chi connectivity index (χ0n) is 15.2. The van der Waals surface area contributed by atoms with Crippen molar-refractivity contribution in [3.05, 3.63) is 0 Å². The molecule has 1 aliphatic carbocycles. The van der Waals surface area contributed by atoms with Crippen LogP contribution in [0.15, 0.2) is 4.99 Å². The SMILES string of the molecule is CCNC(=NCCO)NC1CCC(NC(=O)OC(C)(C)C)CC1.I. The highest BCUT2D eigenvalue weighted by molar-refractivity contribution is 14.0. The maximum absolute atomic E-state index is 11.8. The standard InChI is InChI=1S/C16H32N4O3.HI/c1-5-17-14(18-10-11-21)19-12-6-8-13(9-7-12)20-15(22)23-16(2,3)4;/h12-13,21H,5-11H2,1-4H3,(H,20,22)(H2,17,18,19);1H. The highest BCUT2D eigenvalue weighted by Crippen LogP contribution is 2.19. The van der Waals surface area contributed by atoms with Gasteiger partial charge in [0.05, 0.1) is 13.2 Å². The number of aliphatic hydroxyl groups excluding tert-OH is 1. The summed E-state index contributed by atoms with van der Waals surface area (Å²) >= 11 is 0. The number of alkyl carbamates (subject to hydrolysis) is 1. The number of carbonyl (C=O) groups is 1. The van der Waals surface area contributed by atoms with Gasteiger partial charge in [0.2, 0.25) is 0 Å². The number of carbonyl (C=O) groups excluding carboxylic acids is 1. The van der Waals surface area contributed by atoms with Crippen LogP contribution in [0.4, 0.5) is 4.79 Å². The Balaban J connectivity index is 0.00000529. The summed E-state index contributed by atoms with van der Waals surface area (Å²) in [6, 6.07) is 0.503. The molecule has 0 atom stereocenters. The number of guanidine groups is 1. The van der Waals surface area contributed by atoms with Gasteiger partial charge in [0.1, 0.15) is 5.60 Å². The molecular formula is C16H33IN4O3. The summed E-state index contributed by atoms with van der Waals surface area (Å²) < 4.78 is 5.29. The Morgan fingerprint density at radius 1 is 1.17 bits per heavy atom. The average molecular weight is 456 g/mol. The van der Waals surface area contributed by atoms with Gasteiger partial charge in [-0.2, -0.15) is 0 Å². The molecule has 0 bridgehead atoms. The second-order valence-electron chi connectivity index (χ2n) is 6.82. The van der Waals surface area contributed by atoms with E-state index in [9.17, 15) is 4.79 Å². The number of hydrogen-bond donors (Lipinski definition) is 4. The number of amides is 1. The van der Waals surface area contributed by atoms with Crippen molar-refractivity contribution in [3.63, 3.8) is 0 Å². The number of aliphatic imine (C=N–C) groups is 1. The largest absolute Gasteiger partial charge is 0.444 e. The van der Waals surface area contributed by atoms with Crippen LogP contribution < -0.4 is 16.0 Å². The third kappa shape index (κ3) is 10.2. The lowest BCUT2D eigenvalue weighted by atomic mass is 9.91. The molecule has 24 heavy (non-hydrogen) atoms. The zero-order chi connectivity index (χ0) is 17.3. The summed E-state index contributed by atoms with van der Waals surface area (Å²) in [4.78, 5) is 16.1. The van der Waals surface area contributed by atoms with Gasteiger partial charge in [-0.3, -0.25) is 4.99 Å². The van der Waals surface area contributed by atoms with E-state index in [4.69, 9.17) is 9.84 Å². The molecule has 1 saturated carbocycles. The first kappa shape index (κ1) is 23.2. The third-order valence-electron chi connectivity index (χ3n) is 3.50. The van der Waals surface area contributed by atoms with Crippen LogP contribution in [0, 0.1) is 0 Å². The predicted molar refractivity (Wildman–Crippen MR) is 107 cm³/mol. The van der Waals surface area contributed by atoms with E-state index in [1.165, 1.54) is 0 Å². The summed E-state index contributed by atoms with van der Waals surface area (Å²) in [6.07, 6.45) is 3.41. The van der Waals surface area contributed by atoms with E-state index in [1.807, 2.05) is 27.7 Å². The fourth-order valence-electron chi connectivity index (χ4n) is 2.53. The van der Waals surface area contributed by atoms with Crippen molar-refractivity contribution in [2.24, 2.45) is 4.99 Å². The van der Waals surface area contributed by atoms with Gasteiger partial charge in [-0.05, 0) is 53.4 Å². The lowest BCUT2D eigenvalue weighted by Crippen LogP contribution is -2.48. The number of hydrogen-bond acceptors (Lipinski definition) is 4. The lowest BCUT2D eigenvalue weighted by Gasteiger charge is -2.31. The number of ether oxygens (including phenoxy) is 1. The van der Waals surface area contributed by atoms with Gasteiger partial charge in [0, 0.05) is 18.6 Å². The molecule has 142 valence electrons. The van der Waals surface area contributed by atoms with Crippen molar-refractivity contribution in [2.75, 3.05) is 19.7 Å². The van der Waals surface area contributed by atoms with Crippen molar-refractivity contribution in [3.8, 4) is 0 Å². The molecule has 0 heterocycles. The first-order valence-electron chi connectivity index (χ1n) is 8.49. The van der Waals surface area contributed by atoms with E-state index in [0.29, 0.717) is 12.6 Å². The maximum Gasteiger partial charge on any atom is 0.407 e. The summed E-state index contributed by atoms with van der Waals surface area (Å²) in [6.45, 7) is 8.82. The predicted octanol–water partition coefficient (Wildman–Crippen LogP) is 1.99. The van der Waals surface area contributed by atoms with Crippen LogP contribution in [0.2, 0.25) is 0 Å². The molecular weight excluding hydrogens is 423 g/mol. The highest BCUT2D eigenvalue weighted by atomic mass is 127. The molecule has 0 aromatic heterocycles. The van der Waals surface area contributed by atoms with E-state index in [1.54, 1.807) is 0 Å². The summed E-state index contributed by atoms with van der Waals surface area (Å²) in [5, 5.41) is 18.4. The third-order valence-corrected chi connectivity index (χ3v) is 3.50. The van der Waals surface area contributed by atoms with Crippen molar-refractivity contribution in [1.82, 2.24) is 16.0 Å². The molecule has 0 aromatic rings. The highest BCUT2D eigenvalue weighted by Gasteiger charge is 2.25. The Morgan fingerprint density at radius 2 is 1.71 bits per heavy atom. The second kappa shape index (κ2) is 11.7. The van der Waals surface area contributed by atoms with E-state index in [-0.39, 0.29) is 42.7 Å². The smallest absolute Gasteiger partial charge is 0.407 e. The summed E-state index contributed by atoms with van der Waals surface area (Å²) in [7, 11) is 0. The minimum Gasteiger partial charge on any atom is -0.444 e. The van der Waals surface area contributed by atoms with Crippen LogP contribution in [0.25, 0.3) is 0 Å². The molecule has 1 amide bonds. The number of nitrogens with one attached hydrogen (secondary N) is 3. The van der Waals surface area contributed by atoms with Crippen LogP contribution in [0.5, 0.6) is 0 Å². The van der Waals surface area contributed by atoms with Crippen LogP contribution in [0.1, 0.15) is 53.4 Å². The summed E-state index contributed by atoms with van der Waals surface area (Å²) in [5.74, 6) is 0.741.